The Morgan fingerprint density at radius 1 is 1.20 bits per heavy atom. The number of morpholine rings is 1. The lowest BCUT2D eigenvalue weighted by atomic mass is 10.0. The molecule has 11 nitrogen and oxygen atoms in total. The fourth-order valence-corrected chi connectivity index (χ4v) is 4.10. The number of rotatable bonds is 7. The van der Waals surface area contributed by atoms with E-state index in [1.165, 1.54) is 6.07 Å². The molecule has 30 heavy (non-hydrogen) atoms. The zero-order valence-corrected chi connectivity index (χ0v) is 17.0. The number of nitrogens with one attached hydrogen (secondary N) is 2. The number of sulfonamides is 1. The van der Waals surface area contributed by atoms with Crippen molar-refractivity contribution in [2.45, 2.75) is 4.90 Å². The highest BCUT2D eigenvalue weighted by Gasteiger charge is 2.22. The van der Waals surface area contributed by atoms with Gasteiger partial charge in [0, 0.05) is 43.5 Å². The van der Waals surface area contributed by atoms with Gasteiger partial charge in [0.25, 0.3) is 0 Å². The molecule has 4 rings (SSSR count). The molecule has 0 atom stereocenters. The summed E-state index contributed by atoms with van der Waals surface area (Å²) in [4.78, 5) is 6.73. The molecule has 0 amide bonds. The summed E-state index contributed by atoms with van der Waals surface area (Å²) in [5, 5.41) is 22.3. The van der Waals surface area contributed by atoms with Gasteiger partial charge in [-0.1, -0.05) is 12.1 Å². The second kappa shape index (κ2) is 8.83. The average molecular weight is 430 g/mol. The molecule has 0 spiro atoms. The van der Waals surface area contributed by atoms with Crippen LogP contribution in [-0.4, -0.2) is 78.3 Å². The van der Waals surface area contributed by atoms with E-state index in [0.29, 0.717) is 16.7 Å². The number of pyridine rings is 1. The van der Waals surface area contributed by atoms with E-state index in [1.54, 1.807) is 18.3 Å². The molecule has 1 aliphatic rings. The van der Waals surface area contributed by atoms with E-state index < -0.39 is 10.0 Å². The molecule has 0 unspecified atom stereocenters. The van der Waals surface area contributed by atoms with Gasteiger partial charge in [0.15, 0.2) is 5.82 Å². The van der Waals surface area contributed by atoms with E-state index in [1.807, 2.05) is 12.1 Å². The van der Waals surface area contributed by atoms with Gasteiger partial charge in [-0.2, -0.15) is 0 Å². The monoisotopic (exact) mass is 430 g/mol. The summed E-state index contributed by atoms with van der Waals surface area (Å²) in [5.41, 5.74) is 1.62. The number of tetrazole rings is 1. The van der Waals surface area contributed by atoms with Gasteiger partial charge < -0.3 is 10.1 Å². The maximum Gasteiger partial charge on any atom is 0.238 e. The zero-order valence-electron chi connectivity index (χ0n) is 16.2. The van der Waals surface area contributed by atoms with Gasteiger partial charge in [-0.05, 0) is 34.2 Å². The molecule has 2 aromatic heterocycles. The summed E-state index contributed by atoms with van der Waals surface area (Å²) >= 11 is 0. The van der Waals surface area contributed by atoms with Crippen molar-refractivity contribution >= 4 is 15.8 Å². The van der Waals surface area contributed by atoms with Crippen LogP contribution in [0.25, 0.3) is 22.5 Å². The summed E-state index contributed by atoms with van der Waals surface area (Å²) in [6, 6.07) is 8.53. The summed E-state index contributed by atoms with van der Waals surface area (Å²) in [6.45, 7) is 5.09. The highest BCUT2D eigenvalue weighted by atomic mass is 32.2. The van der Waals surface area contributed by atoms with Crippen molar-refractivity contribution in [2.75, 3.05) is 44.7 Å². The summed E-state index contributed by atoms with van der Waals surface area (Å²) in [5.74, 6) is 0.944. The average Bonchev–Trinajstić information content (AvgIpc) is 3.28. The van der Waals surface area contributed by atoms with Gasteiger partial charge in [-0.25, -0.2) is 23.6 Å². The number of nitrogens with two attached hydrogens (primary N) is 1. The quantitative estimate of drug-likeness (QED) is 0.481. The fourth-order valence-electron chi connectivity index (χ4n) is 3.34. The highest BCUT2D eigenvalue weighted by molar-refractivity contribution is 7.89. The Bertz CT molecular complexity index is 1080. The van der Waals surface area contributed by atoms with Crippen LogP contribution in [0.1, 0.15) is 0 Å². The molecule has 0 aliphatic carbocycles. The molecule has 158 valence electrons. The Hall–Kier alpha value is -2.93. The van der Waals surface area contributed by atoms with Gasteiger partial charge in [-0.15, -0.1) is 5.10 Å². The minimum atomic E-state index is -3.98. The number of benzene rings is 1. The Kier molecular flexibility index (Phi) is 5.99. The van der Waals surface area contributed by atoms with Crippen molar-refractivity contribution in [1.82, 2.24) is 30.5 Å². The molecule has 0 bridgehead atoms. The van der Waals surface area contributed by atoms with E-state index in [0.717, 1.165) is 45.2 Å². The molecule has 4 N–H and O–H groups in total. The van der Waals surface area contributed by atoms with E-state index in [4.69, 9.17) is 9.88 Å². The predicted molar refractivity (Wildman–Crippen MR) is 110 cm³/mol. The van der Waals surface area contributed by atoms with Gasteiger partial charge in [-0.3, -0.25) is 4.90 Å². The molecular weight excluding hydrogens is 408 g/mol. The second-order valence-corrected chi connectivity index (χ2v) is 8.32. The number of aromatic amines is 1. The minimum absolute atomic E-state index is 0.0636. The topological polar surface area (TPSA) is 152 Å². The normalized spacial score (nSPS) is 15.2. The fraction of sp³-hybridized carbons (Fsp3) is 0.333. The van der Waals surface area contributed by atoms with Crippen molar-refractivity contribution in [1.29, 1.82) is 0 Å². The molecule has 1 fully saturated rings. The maximum atomic E-state index is 12.1. The Balaban J connectivity index is 1.55. The molecule has 1 saturated heterocycles. The first-order valence-corrected chi connectivity index (χ1v) is 11.0. The SMILES string of the molecule is NS(=O)(=O)c1cccc(-c2ccc(NCCN3CCOCC3)nc2)c1-c1nnn[nH]1. The van der Waals surface area contributed by atoms with Crippen molar-refractivity contribution in [3.63, 3.8) is 0 Å². The molecule has 0 radical (unpaired) electrons. The molecule has 1 aliphatic heterocycles. The van der Waals surface area contributed by atoms with Crippen LogP contribution in [-0.2, 0) is 14.8 Å². The molecule has 1 aromatic carbocycles. The number of anilines is 1. The number of primary sulfonamides is 1. The Labute approximate surface area is 173 Å². The molecule has 12 heteroatoms. The second-order valence-electron chi connectivity index (χ2n) is 6.79. The van der Waals surface area contributed by atoms with Crippen LogP contribution in [0.4, 0.5) is 5.82 Å². The summed E-state index contributed by atoms with van der Waals surface area (Å²) < 4.78 is 29.5. The molecule has 3 aromatic rings. The first kappa shape index (κ1) is 20.3. The number of nitrogens with zero attached hydrogens (tertiary/aromatic N) is 5. The third-order valence-corrected chi connectivity index (χ3v) is 5.78. The first-order valence-electron chi connectivity index (χ1n) is 9.43. The van der Waals surface area contributed by atoms with Crippen LogP contribution in [0.3, 0.4) is 0 Å². The highest BCUT2D eigenvalue weighted by Crippen LogP contribution is 2.34. The number of H-pyrrole nitrogens is 1. The van der Waals surface area contributed by atoms with Crippen LogP contribution >= 0.6 is 0 Å². The van der Waals surface area contributed by atoms with Crippen LogP contribution < -0.4 is 10.5 Å². The van der Waals surface area contributed by atoms with E-state index in [2.05, 4.69) is 35.8 Å². The van der Waals surface area contributed by atoms with Crippen LogP contribution in [0.15, 0.2) is 41.4 Å². The third kappa shape index (κ3) is 4.62. The van der Waals surface area contributed by atoms with Crippen molar-refractivity contribution in [2.24, 2.45) is 5.14 Å². The van der Waals surface area contributed by atoms with Gasteiger partial charge >= 0.3 is 0 Å². The standard InChI is InChI=1S/C18H22N8O3S/c19-30(27,28)15-3-1-2-14(17(15)18-22-24-25-23-18)13-4-5-16(21-12-13)20-6-7-26-8-10-29-11-9-26/h1-5,12H,6-11H2,(H,20,21)(H2,19,27,28)(H,22,23,24,25). The molecule has 0 saturated carbocycles. The van der Waals surface area contributed by atoms with Gasteiger partial charge in [0.1, 0.15) is 5.82 Å². The van der Waals surface area contributed by atoms with Gasteiger partial charge in [0.05, 0.1) is 18.1 Å². The van der Waals surface area contributed by atoms with Crippen LogP contribution in [0.5, 0.6) is 0 Å². The van der Waals surface area contributed by atoms with Gasteiger partial charge in [0.2, 0.25) is 10.0 Å². The van der Waals surface area contributed by atoms with E-state index >= 15 is 0 Å². The lowest BCUT2D eigenvalue weighted by Crippen LogP contribution is -2.39. The largest absolute Gasteiger partial charge is 0.379 e. The Morgan fingerprint density at radius 2 is 2.03 bits per heavy atom. The number of ether oxygens (including phenoxy) is 1. The smallest absolute Gasteiger partial charge is 0.238 e. The van der Waals surface area contributed by atoms with Crippen molar-refractivity contribution < 1.29 is 13.2 Å². The zero-order chi connectivity index (χ0) is 21.0. The molecular formula is C18H22N8O3S. The maximum absolute atomic E-state index is 12.1. The molecule has 3 heterocycles. The van der Waals surface area contributed by atoms with E-state index in [9.17, 15) is 8.42 Å². The Morgan fingerprint density at radius 3 is 2.70 bits per heavy atom. The lowest BCUT2D eigenvalue weighted by Gasteiger charge is -2.26. The van der Waals surface area contributed by atoms with E-state index in [-0.39, 0.29) is 10.7 Å². The minimum Gasteiger partial charge on any atom is -0.379 e. The first-order chi connectivity index (χ1) is 14.5. The third-order valence-electron chi connectivity index (χ3n) is 4.83. The number of aromatic nitrogens is 5. The van der Waals surface area contributed by atoms with Crippen molar-refractivity contribution in [3.8, 4) is 22.5 Å². The lowest BCUT2D eigenvalue weighted by molar-refractivity contribution is 0.0398. The number of hydrogen-bond donors (Lipinski definition) is 3. The summed E-state index contributed by atoms with van der Waals surface area (Å²) in [7, 11) is -3.98. The van der Waals surface area contributed by atoms with Crippen LogP contribution in [0, 0.1) is 0 Å². The summed E-state index contributed by atoms with van der Waals surface area (Å²) in [6.07, 6.45) is 1.67. The van der Waals surface area contributed by atoms with Crippen molar-refractivity contribution in [3.05, 3.63) is 36.5 Å². The van der Waals surface area contributed by atoms with Crippen LogP contribution in [0.2, 0.25) is 0 Å². The number of hydrogen-bond acceptors (Lipinski definition) is 9. The predicted octanol–water partition coefficient (Wildman–Crippen LogP) is 0.320.